The summed E-state index contributed by atoms with van der Waals surface area (Å²) in [5.41, 5.74) is 2.29. The molecule has 0 saturated carbocycles. The van der Waals surface area contributed by atoms with Crippen LogP contribution in [0.4, 0.5) is 5.69 Å². The van der Waals surface area contributed by atoms with Crippen molar-refractivity contribution in [3.8, 4) is 5.75 Å². The van der Waals surface area contributed by atoms with Crippen molar-refractivity contribution in [3.05, 3.63) is 59.2 Å². The van der Waals surface area contributed by atoms with Crippen molar-refractivity contribution >= 4 is 17.6 Å². The first-order valence-corrected chi connectivity index (χ1v) is 8.26. The van der Waals surface area contributed by atoms with E-state index in [1.54, 1.807) is 12.1 Å². The van der Waals surface area contributed by atoms with E-state index in [1.807, 2.05) is 23.1 Å². The van der Waals surface area contributed by atoms with Gasteiger partial charge in [0.1, 0.15) is 12.4 Å². The molecule has 7 heteroatoms. The van der Waals surface area contributed by atoms with Crippen LogP contribution in [0.25, 0.3) is 0 Å². The van der Waals surface area contributed by atoms with E-state index in [0.29, 0.717) is 25.4 Å². The van der Waals surface area contributed by atoms with Crippen LogP contribution in [-0.2, 0) is 17.9 Å². The largest absolute Gasteiger partial charge is 0.492 e. The molecule has 3 N–H and O–H groups in total. The number of hydrogen-bond acceptors (Lipinski definition) is 5. The second kappa shape index (κ2) is 7.99. The minimum Gasteiger partial charge on any atom is -0.492 e. The number of anilines is 1. The molecule has 0 aliphatic carbocycles. The van der Waals surface area contributed by atoms with Crippen molar-refractivity contribution in [2.45, 2.75) is 13.2 Å². The van der Waals surface area contributed by atoms with Gasteiger partial charge < -0.3 is 20.3 Å². The minimum absolute atomic E-state index is 0.0479. The minimum atomic E-state index is -1.04. The lowest BCUT2D eigenvalue weighted by atomic mass is 10.1. The standard InChI is InChI=1S/C19H20N2O5/c22-12-13-4-5-17-15(8-13)10-21(6-7-26-17)11-18(23)20-16-3-1-2-14(9-16)19(24)25/h1-5,8-9,22H,6-7,10-12H2,(H,20,23)(H,24,25). The number of amides is 1. The molecule has 0 bridgehead atoms. The highest BCUT2D eigenvalue weighted by atomic mass is 16.5. The van der Waals surface area contributed by atoms with Gasteiger partial charge in [0.05, 0.1) is 18.7 Å². The molecule has 26 heavy (non-hydrogen) atoms. The molecule has 2 aromatic rings. The van der Waals surface area contributed by atoms with Crippen LogP contribution < -0.4 is 10.1 Å². The number of nitrogens with one attached hydrogen (secondary N) is 1. The molecule has 0 atom stereocenters. The summed E-state index contributed by atoms with van der Waals surface area (Å²) in [5.74, 6) is -0.504. The maximum Gasteiger partial charge on any atom is 0.335 e. The lowest BCUT2D eigenvalue weighted by Crippen LogP contribution is -2.34. The van der Waals surface area contributed by atoms with Gasteiger partial charge in [0.25, 0.3) is 0 Å². The Kier molecular flexibility index (Phi) is 5.50. The van der Waals surface area contributed by atoms with Crippen LogP contribution in [0.3, 0.4) is 0 Å². The Balaban J connectivity index is 1.65. The topological polar surface area (TPSA) is 99.1 Å². The van der Waals surface area contributed by atoms with Crippen molar-refractivity contribution in [2.24, 2.45) is 0 Å². The monoisotopic (exact) mass is 356 g/mol. The molecule has 1 aliphatic heterocycles. The lowest BCUT2D eigenvalue weighted by Gasteiger charge is -2.19. The Morgan fingerprint density at radius 3 is 2.81 bits per heavy atom. The fraction of sp³-hybridized carbons (Fsp3) is 0.263. The summed E-state index contributed by atoms with van der Waals surface area (Å²) in [5, 5.41) is 21.0. The van der Waals surface area contributed by atoms with Crippen LogP contribution in [0, 0.1) is 0 Å². The predicted molar refractivity (Wildman–Crippen MR) is 95.2 cm³/mol. The van der Waals surface area contributed by atoms with Crippen LogP contribution in [0.5, 0.6) is 5.75 Å². The van der Waals surface area contributed by atoms with Crippen molar-refractivity contribution in [2.75, 3.05) is 25.0 Å². The van der Waals surface area contributed by atoms with Crippen LogP contribution in [-0.4, -0.2) is 46.7 Å². The summed E-state index contributed by atoms with van der Waals surface area (Å²) in [4.78, 5) is 25.3. The zero-order valence-corrected chi connectivity index (χ0v) is 14.1. The smallest absolute Gasteiger partial charge is 0.335 e. The fourth-order valence-corrected chi connectivity index (χ4v) is 2.87. The molecule has 0 saturated heterocycles. The number of carbonyl (C=O) groups is 2. The van der Waals surface area contributed by atoms with Crippen molar-refractivity contribution < 1.29 is 24.5 Å². The number of hydrogen-bond donors (Lipinski definition) is 3. The summed E-state index contributed by atoms with van der Waals surface area (Å²) >= 11 is 0. The normalized spacial score (nSPS) is 14.0. The molecule has 1 amide bonds. The molecule has 7 nitrogen and oxygen atoms in total. The first-order chi connectivity index (χ1) is 12.5. The molecular formula is C19H20N2O5. The molecule has 0 spiro atoms. The van der Waals surface area contributed by atoms with E-state index in [-0.39, 0.29) is 24.6 Å². The van der Waals surface area contributed by atoms with Gasteiger partial charge in [0.2, 0.25) is 5.91 Å². The molecule has 1 heterocycles. The summed E-state index contributed by atoms with van der Waals surface area (Å²) in [6.07, 6.45) is 0. The van der Waals surface area contributed by atoms with Crippen LogP contribution in [0.2, 0.25) is 0 Å². The molecule has 1 aliphatic rings. The number of aliphatic hydroxyl groups excluding tert-OH is 1. The van der Waals surface area contributed by atoms with Crippen molar-refractivity contribution in [1.82, 2.24) is 4.90 Å². The number of carboxylic acid groups (broad SMARTS) is 1. The maximum absolute atomic E-state index is 12.3. The summed E-state index contributed by atoms with van der Waals surface area (Å²) in [6.45, 7) is 1.70. The van der Waals surface area contributed by atoms with Gasteiger partial charge in [-0.25, -0.2) is 4.79 Å². The van der Waals surface area contributed by atoms with E-state index >= 15 is 0 Å². The highest BCUT2D eigenvalue weighted by Gasteiger charge is 2.18. The second-order valence-electron chi connectivity index (χ2n) is 6.09. The number of nitrogens with zero attached hydrogens (tertiary/aromatic N) is 1. The Morgan fingerprint density at radius 2 is 2.04 bits per heavy atom. The number of ether oxygens (including phenoxy) is 1. The molecule has 0 unspecified atom stereocenters. The SMILES string of the molecule is O=C(CN1CCOc2ccc(CO)cc2C1)Nc1cccc(C(=O)O)c1. The van der Waals surface area contributed by atoms with Gasteiger partial charge in [-0.05, 0) is 35.9 Å². The van der Waals surface area contributed by atoms with E-state index in [0.717, 1.165) is 16.9 Å². The molecule has 0 radical (unpaired) electrons. The number of aromatic carboxylic acids is 1. The van der Waals surface area contributed by atoms with Gasteiger partial charge >= 0.3 is 5.97 Å². The lowest BCUT2D eigenvalue weighted by molar-refractivity contribution is -0.117. The zero-order chi connectivity index (χ0) is 18.5. The molecule has 136 valence electrons. The Hall–Kier alpha value is -2.90. The second-order valence-corrected chi connectivity index (χ2v) is 6.09. The van der Waals surface area contributed by atoms with E-state index in [4.69, 9.17) is 9.84 Å². The molecule has 0 aromatic heterocycles. The first-order valence-electron chi connectivity index (χ1n) is 8.26. The fourth-order valence-electron chi connectivity index (χ4n) is 2.87. The molecule has 2 aromatic carbocycles. The van der Waals surface area contributed by atoms with Crippen molar-refractivity contribution in [3.63, 3.8) is 0 Å². The summed E-state index contributed by atoms with van der Waals surface area (Å²) in [7, 11) is 0. The average molecular weight is 356 g/mol. The number of rotatable bonds is 5. The number of aliphatic hydroxyl groups is 1. The quantitative estimate of drug-likeness (QED) is 0.754. The number of fused-ring (bicyclic) bond motifs is 1. The van der Waals surface area contributed by atoms with Gasteiger partial charge in [0.15, 0.2) is 0 Å². The number of carbonyl (C=O) groups excluding carboxylic acids is 1. The van der Waals surface area contributed by atoms with Gasteiger partial charge in [0, 0.05) is 24.3 Å². The van der Waals surface area contributed by atoms with Gasteiger partial charge in [-0.3, -0.25) is 9.69 Å². The zero-order valence-electron chi connectivity index (χ0n) is 14.1. The highest BCUT2D eigenvalue weighted by molar-refractivity contribution is 5.94. The molecule has 3 rings (SSSR count). The highest BCUT2D eigenvalue weighted by Crippen LogP contribution is 2.24. The molecule has 0 fully saturated rings. The van der Waals surface area contributed by atoms with Gasteiger partial charge in [-0.1, -0.05) is 12.1 Å². The Labute approximate surface area is 150 Å². The maximum atomic E-state index is 12.3. The third-order valence-corrected chi connectivity index (χ3v) is 4.13. The Morgan fingerprint density at radius 1 is 1.19 bits per heavy atom. The van der Waals surface area contributed by atoms with E-state index in [1.165, 1.54) is 12.1 Å². The van der Waals surface area contributed by atoms with E-state index in [9.17, 15) is 14.7 Å². The van der Waals surface area contributed by atoms with Crippen molar-refractivity contribution in [1.29, 1.82) is 0 Å². The van der Waals surface area contributed by atoms with Crippen LogP contribution >= 0.6 is 0 Å². The predicted octanol–water partition coefficient (Wildman–Crippen LogP) is 1.71. The van der Waals surface area contributed by atoms with E-state index < -0.39 is 5.97 Å². The van der Waals surface area contributed by atoms with Gasteiger partial charge in [-0.15, -0.1) is 0 Å². The average Bonchev–Trinajstić information content (AvgIpc) is 2.82. The third-order valence-electron chi connectivity index (χ3n) is 4.13. The van der Waals surface area contributed by atoms with Crippen LogP contribution in [0.1, 0.15) is 21.5 Å². The summed E-state index contributed by atoms with van der Waals surface area (Å²) in [6, 6.07) is 11.7. The van der Waals surface area contributed by atoms with Gasteiger partial charge in [-0.2, -0.15) is 0 Å². The molecular weight excluding hydrogens is 336 g/mol. The van der Waals surface area contributed by atoms with Crippen LogP contribution in [0.15, 0.2) is 42.5 Å². The number of carboxylic acids is 1. The Bertz CT molecular complexity index is 821. The number of benzene rings is 2. The van der Waals surface area contributed by atoms with E-state index in [2.05, 4.69) is 5.32 Å². The summed E-state index contributed by atoms with van der Waals surface area (Å²) < 4.78 is 5.70. The third kappa shape index (κ3) is 4.38. The first kappa shape index (κ1) is 17.9.